The van der Waals surface area contributed by atoms with Crippen LogP contribution in [0.1, 0.15) is 49.1 Å². The summed E-state index contributed by atoms with van der Waals surface area (Å²) in [6.07, 6.45) is 10.1. The molecule has 2 aliphatic carbocycles. The number of hydrogen-bond donors (Lipinski definition) is 0. The van der Waals surface area contributed by atoms with Gasteiger partial charge in [0.1, 0.15) is 11.9 Å². The number of piperidine rings is 1. The molecule has 4 atom stereocenters. The smallest absolute Gasteiger partial charge is 0.226 e. The van der Waals surface area contributed by atoms with E-state index in [0.29, 0.717) is 35.1 Å². The normalized spacial score (nSPS) is 27.5. The lowest BCUT2D eigenvalue weighted by atomic mass is 9.90. The highest BCUT2D eigenvalue weighted by Gasteiger charge is 2.43. The van der Waals surface area contributed by atoms with Crippen molar-refractivity contribution in [3.8, 4) is 0 Å². The van der Waals surface area contributed by atoms with E-state index in [9.17, 15) is 4.39 Å². The molecule has 33 heavy (non-hydrogen) atoms. The molecule has 3 heterocycles. The third-order valence-corrected chi connectivity index (χ3v) is 7.40. The van der Waals surface area contributed by atoms with E-state index in [1.54, 1.807) is 25.3 Å². The maximum Gasteiger partial charge on any atom is 0.226 e. The second-order valence-corrected chi connectivity index (χ2v) is 9.69. The van der Waals surface area contributed by atoms with Gasteiger partial charge in [0, 0.05) is 20.0 Å². The molecule has 4 unspecified atom stereocenters. The molecule has 5 rings (SSSR count). The molecule has 1 saturated carbocycles. The fourth-order valence-electron chi connectivity index (χ4n) is 5.01. The maximum atomic E-state index is 14.5. The van der Waals surface area contributed by atoms with Crippen molar-refractivity contribution >= 4 is 17.5 Å². The van der Waals surface area contributed by atoms with Gasteiger partial charge in [0.25, 0.3) is 0 Å². The number of ether oxygens (including phenoxy) is 1. The van der Waals surface area contributed by atoms with E-state index in [2.05, 4.69) is 25.1 Å². The van der Waals surface area contributed by atoms with Gasteiger partial charge in [0.05, 0.1) is 29.4 Å². The third kappa shape index (κ3) is 5.05. The predicted molar refractivity (Wildman–Crippen MR) is 123 cm³/mol. The zero-order valence-corrected chi connectivity index (χ0v) is 19.7. The Morgan fingerprint density at radius 2 is 2.06 bits per heavy atom. The van der Waals surface area contributed by atoms with Crippen molar-refractivity contribution in [3.63, 3.8) is 0 Å². The molecular formula is C24H29ClFN5O2. The lowest BCUT2D eigenvalue weighted by Gasteiger charge is -2.32. The Morgan fingerprint density at radius 1 is 1.24 bits per heavy atom. The van der Waals surface area contributed by atoms with Crippen LogP contribution < -0.4 is 4.90 Å². The van der Waals surface area contributed by atoms with Crippen molar-refractivity contribution in [2.45, 2.75) is 51.6 Å². The minimum Gasteiger partial charge on any atom is -0.494 e. The first-order valence-corrected chi connectivity index (χ1v) is 12.1. The zero-order valence-electron chi connectivity index (χ0n) is 19.0. The molecule has 9 heteroatoms. The highest BCUT2D eigenvalue weighted by Crippen LogP contribution is 2.50. The number of anilines is 1. The molecule has 176 valence electrons. The summed E-state index contributed by atoms with van der Waals surface area (Å²) >= 11 is 6.05. The van der Waals surface area contributed by atoms with E-state index in [4.69, 9.17) is 20.8 Å². The molecular weight excluding hydrogens is 445 g/mol. The Labute approximate surface area is 198 Å². The molecule has 2 aromatic rings. The van der Waals surface area contributed by atoms with Gasteiger partial charge in [-0.1, -0.05) is 17.7 Å². The summed E-state index contributed by atoms with van der Waals surface area (Å²) in [5.41, 5.74) is 0.827. The van der Waals surface area contributed by atoms with Gasteiger partial charge in [-0.25, -0.2) is 14.4 Å². The average Bonchev–Trinajstić information content (AvgIpc) is 3.46. The Hall–Kier alpha value is -2.48. The summed E-state index contributed by atoms with van der Waals surface area (Å²) in [7, 11) is 0. The first-order valence-electron chi connectivity index (χ1n) is 11.7. The van der Waals surface area contributed by atoms with Crippen LogP contribution in [0.4, 0.5) is 10.3 Å². The number of rotatable bonds is 7. The van der Waals surface area contributed by atoms with Gasteiger partial charge in [0.15, 0.2) is 0 Å². The number of nitrogens with zero attached hydrogens (tertiary/aromatic N) is 5. The van der Waals surface area contributed by atoms with Crippen molar-refractivity contribution in [1.82, 2.24) is 20.2 Å². The largest absolute Gasteiger partial charge is 0.494 e. The molecule has 0 N–H and O–H groups in total. The number of hydrogen-bond acceptors (Lipinski definition) is 7. The molecule has 0 spiro atoms. The van der Waals surface area contributed by atoms with Crippen molar-refractivity contribution in [3.05, 3.63) is 52.7 Å². The minimum atomic E-state index is -1.22. The Morgan fingerprint density at radius 3 is 2.76 bits per heavy atom. The van der Waals surface area contributed by atoms with E-state index < -0.39 is 12.1 Å². The van der Waals surface area contributed by atoms with Crippen LogP contribution in [-0.2, 0) is 4.74 Å². The molecule has 3 aliphatic rings. The van der Waals surface area contributed by atoms with E-state index >= 15 is 0 Å². The van der Waals surface area contributed by atoms with E-state index in [1.807, 2.05) is 6.92 Å². The standard InChI is InChI=1S/C24H29ClFN5O2/c1-14-21(25)13-27-24(28-14)31-8-5-16(6-9-31)20-11-17(20)7-10-32-18-3-4-19(22(26)12-18)23-30-29-15(2)33-23/h3-4,12-13,16-17,19-20,22H,5-11H2,1-2H3. The van der Waals surface area contributed by atoms with Crippen LogP contribution in [0, 0.1) is 31.6 Å². The topological polar surface area (TPSA) is 77.2 Å². The second kappa shape index (κ2) is 9.41. The lowest BCUT2D eigenvalue weighted by Crippen LogP contribution is -2.35. The van der Waals surface area contributed by atoms with Crippen LogP contribution in [0.25, 0.3) is 0 Å². The number of aryl methyl sites for hydroxylation is 2. The van der Waals surface area contributed by atoms with Crippen molar-refractivity contribution in [2.75, 3.05) is 24.6 Å². The third-order valence-electron chi connectivity index (χ3n) is 7.03. The van der Waals surface area contributed by atoms with Crippen LogP contribution >= 0.6 is 11.6 Å². The van der Waals surface area contributed by atoms with Crippen LogP contribution in [0.2, 0.25) is 5.02 Å². The van der Waals surface area contributed by atoms with Gasteiger partial charge in [-0.3, -0.25) is 0 Å². The Balaban J connectivity index is 1.03. The monoisotopic (exact) mass is 473 g/mol. The summed E-state index contributed by atoms with van der Waals surface area (Å²) < 4.78 is 25.8. The molecule has 2 aromatic heterocycles. The number of halogens is 2. The van der Waals surface area contributed by atoms with Crippen LogP contribution in [0.3, 0.4) is 0 Å². The van der Waals surface area contributed by atoms with Gasteiger partial charge in [-0.05, 0) is 62.5 Å². The van der Waals surface area contributed by atoms with Crippen LogP contribution in [-0.4, -0.2) is 46.0 Å². The second-order valence-electron chi connectivity index (χ2n) is 9.28. The summed E-state index contributed by atoms with van der Waals surface area (Å²) in [5, 5.41) is 8.32. The molecule has 0 radical (unpaired) electrons. The summed E-state index contributed by atoms with van der Waals surface area (Å²) in [6.45, 7) is 6.20. The van der Waals surface area contributed by atoms with E-state index in [0.717, 1.165) is 43.0 Å². The SMILES string of the molecule is Cc1nnc(C2C=CC(OCCC3CC3C3CCN(c4ncc(Cl)c(C)n4)CC3)=CC2F)o1. The molecule has 1 saturated heterocycles. The van der Waals surface area contributed by atoms with Gasteiger partial charge in [-0.2, -0.15) is 0 Å². The van der Waals surface area contributed by atoms with Crippen molar-refractivity contribution in [1.29, 1.82) is 0 Å². The first-order chi connectivity index (χ1) is 16.0. The summed E-state index contributed by atoms with van der Waals surface area (Å²) in [5.74, 6) is 3.80. The fourth-order valence-corrected chi connectivity index (χ4v) is 5.10. The van der Waals surface area contributed by atoms with E-state index in [1.165, 1.54) is 25.3 Å². The van der Waals surface area contributed by atoms with Gasteiger partial charge in [-0.15, -0.1) is 10.2 Å². The highest BCUT2D eigenvalue weighted by atomic mass is 35.5. The molecule has 0 bridgehead atoms. The van der Waals surface area contributed by atoms with E-state index in [-0.39, 0.29) is 0 Å². The van der Waals surface area contributed by atoms with Crippen molar-refractivity contribution in [2.24, 2.45) is 17.8 Å². The van der Waals surface area contributed by atoms with Crippen LogP contribution in [0.15, 0.2) is 34.6 Å². The Kier molecular flexibility index (Phi) is 6.36. The number of allylic oxidation sites excluding steroid dienone is 3. The van der Waals surface area contributed by atoms with Gasteiger partial charge < -0.3 is 14.1 Å². The maximum absolute atomic E-state index is 14.5. The Bertz CT molecular complexity index is 1050. The zero-order chi connectivity index (χ0) is 22.9. The lowest BCUT2D eigenvalue weighted by molar-refractivity contribution is 0.199. The molecule has 2 fully saturated rings. The molecule has 1 aliphatic heterocycles. The molecule has 0 amide bonds. The quantitative estimate of drug-likeness (QED) is 0.562. The number of alkyl halides is 1. The molecule has 0 aromatic carbocycles. The van der Waals surface area contributed by atoms with Crippen molar-refractivity contribution < 1.29 is 13.5 Å². The summed E-state index contributed by atoms with van der Waals surface area (Å²) in [4.78, 5) is 11.2. The first kappa shape index (κ1) is 22.3. The average molecular weight is 474 g/mol. The molecule has 7 nitrogen and oxygen atoms in total. The minimum absolute atomic E-state index is 0.302. The van der Waals surface area contributed by atoms with Gasteiger partial charge >= 0.3 is 0 Å². The number of aromatic nitrogens is 4. The van der Waals surface area contributed by atoms with Gasteiger partial charge in [0.2, 0.25) is 17.7 Å². The highest BCUT2D eigenvalue weighted by molar-refractivity contribution is 6.31. The predicted octanol–water partition coefficient (Wildman–Crippen LogP) is 4.96. The fraction of sp³-hybridized carbons (Fsp3) is 0.583. The van der Waals surface area contributed by atoms with Crippen LogP contribution in [0.5, 0.6) is 0 Å². The summed E-state index contributed by atoms with van der Waals surface area (Å²) in [6, 6.07) is 0.